The first-order valence-corrected chi connectivity index (χ1v) is 8.50. The maximum atomic E-state index is 7.70. The molecule has 0 aliphatic carbocycles. The monoisotopic (exact) mass is 365 g/mol. The predicted molar refractivity (Wildman–Crippen MR) is 86.9 cm³/mol. The van der Waals surface area contributed by atoms with Gasteiger partial charge in [0.05, 0.1) is 0 Å². The first-order chi connectivity index (χ1) is 10.1. The lowest BCUT2D eigenvalue weighted by Gasteiger charge is -2.10. The summed E-state index contributed by atoms with van der Waals surface area (Å²) in [5.41, 5.74) is 6.40. The van der Waals surface area contributed by atoms with E-state index in [0.717, 1.165) is 45.3 Å². The van der Waals surface area contributed by atoms with Crippen molar-refractivity contribution >= 4 is 33.5 Å². The first-order valence-electron chi connectivity index (χ1n) is 6.89. The van der Waals surface area contributed by atoms with Crippen LogP contribution in [0.3, 0.4) is 0 Å². The van der Waals surface area contributed by atoms with Crippen molar-refractivity contribution in [3.05, 3.63) is 34.1 Å². The average molecular weight is 366 g/mol. The highest BCUT2D eigenvalue weighted by Gasteiger charge is 2.17. The van der Waals surface area contributed by atoms with Gasteiger partial charge in [0.25, 0.3) is 0 Å². The molecule has 0 atom stereocenters. The molecule has 0 amide bonds. The SMILES string of the molecule is N=C(N)c1ccc(Br)cc1Sc1nnc2n1CCCCC2. The molecular formula is C14H16BrN5S. The maximum Gasteiger partial charge on any atom is 0.196 e. The minimum atomic E-state index is 0.0700. The molecule has 2 heterocycles. The smallest absolute Gasteiger partial charge is 0.196 e. The fourth-order valence-corrected chi connectivity index (χ4v) is 4.01. The van der Waals surface area contributed by atoms with Gasteiger partial charge in [0.15, 0.2) is 5.16 Å². The summed E-state index contributed by atoms with van der Waals surface area (Å²) in [6.45, 7) is 0.966. The van der Waals surface area contributed by atoms with Gasteiger partial charge < -0.3 is 10.3 Å². The van der Waals surface area contributed by atoms with Crippen LogP contribution >= 0.6 is 27.7 Å². The Morgan fingerprint density at radius 2 is 2.14 bits per heavy atom. The predicted octanol–water partition coefficient (Wildman–Crippen LogP) is 3.20. The minimum absolute atomic E-state index is 0.0700. The summed E-state index contributed by atoms with van der Waals surface area (Å²) in [6.07, 6.45) is 4.57. The summed E-state index contributed by atoms with van der Waals surface area (Å²) in [6, 6.07) is 5.72. The largest absolute Gasteiger partial charge is 0.384 e. The van der Waals surface area contributed by atoms with E-state index in [1.54, 1.807) is 0 Å². The van der Waals surface area contributed by atoms with Crippen LogP contribution in [-0.4, -0.2) is 20.6 Å². The third-order valence-corrected chi connectivity index (χ3v) is 5.05. The molecule has 5 nitrogen and oxygen atoms in total. The normalized spacial score (nSPS) is 14.5. The fraction of sp³-hybridized carbons (Fsp3) is 0.357. The number of aromatic nitrogens is 3. The van der Waals surface area contributed by atoms with Crippen molar-refractivity contribution in [1.82, 2.24) is 14.8 Å². The van der Waals surface area contributed by atoms with Gasteiger partial charge in [-0.1, -0.05) is 22.4 Å². The van der Waals surface area contributed by atoms with E-state index in [0.29, 0.717) is 0 Å². The van der Waals surface area contributed by atoms with E-state index in [-0.39, 0.29) is 5.84 Å². The molecule has 1 aliphatic heterocycles. The molecule has 0 unspecified atom stereocenters. The van der Waals surface area contributed by atoms with Crippen molar-refractivity contribution < 1.29 is 0 Å². The lowest BCUT2D eigenvalue weighted by molar-refractivity contribution is 0.591. The highest BCUT2D eigenvalue weighted by atomic mass is 79.9. The number of nitrogens with two attached hydrogens (primary N) is 1. The van der Waals surface area contributed by atoms with Crippen LogP contribution in [0.1, 0.15) is 30.7 Å². The summed E-state index contributed by atoms with van der Waals surface area (Å²) in [5.74, 6) is 1.13. The molecule has 2 aromatic rings. The van der Waals surface area contributed by atoms with E-state index < -0.39 is 0 Å². The second-order valence-corrected chi connectivity index (χ2v) is 6.94. The van der Waals surface area contributed by atoms with E-state index in [9.17, 15) is 0 Å². The van der Waals surface area contributed by atoms with Crippen LogP contribution in [0.25, 0.3) is 0 Å². The molecule has 110 valence electrons. The van der Waals surface area contributed by atoms with E-state index >= 15 is 0 Å². The molecule has 0 radical (unpaired) electrons. The van der Waals surface area contributed by atoms with E-state index in [2.05, 4.69) is 30.7 Å². The Balaban J connectivity index is 1.96. The van der Waals surface area contributed by atoms with E-state index in [1.807, 2.05) is 18.2 Å². The molecule has 0 fully saturated rings. The van der Waals surface area contributed by atoms with Crippen LogP contribution in [0.5, 0.6) is 0 Å². The number of nitrogens with one attached hydrogen (secondary N) is 1. The van der Waals surface area contributed by atoms with Gasteiger partial charge >= 0.3 is 0 Å². The Hall–Kier alpha value is -1.34. The Kier molecular flexibility index (Phi) is 4.30. The summed E-state index contributed by atoms with van der Waals surface area (Å²) >= 11 is 5.00. The quantitative estimate of drug-likeness (QED) is 0.646. The molecule has 7 heteroatoms. The minimum Gasteiger partial charge on any atom is -0.384 e. The number of rotatable bonds is 3. The number of nitrogens with zero attached hydrogens (tertiary/aromatic N) is 3. The molecule has 3 N–H and O–H groups in total. The second-order valence-electron chi connectivity index (χ2n) is 5.02. The Labute approximate surface area is 136 Å². The van der Waals surface area contributed by atoms with Gasteiger partial charge in [0, 0.05) is 27.9 Å². The molecule has 1 aromatic heterocycles. The molecule has 0 saturated heterocycles. The number of aryl methyl sites for hydroxylation is 1. The van der Waals surface area contributed by atoms with Crippen LogP contribution < -0.4 is 5.73 Å². The molecule has 21 heavy (non-hydrogen) atoms. The summed E-state index contributed by atoms with van der Waals surface area (Å²) in [7, 11) is 0. The summed E-state index contributed by atoms with van der Waals surface area (Å²) < 4.78 is 3.16. The number of amidine groups is 1. The number of benzene rings is 1. The van der Waals surface area contributed by atoms with Gasteiger partial charge in [-0.05, 0) is 42.8 Å². The van der Waals surface area contributed by atoms with Crippen LogP contribution in [0, 0.1) is 5.41 Å². The average Bonchev–Trinajstić information content (AvgIpc) is 2.68. The number of nitrogen functional groups attached to an aromatic ring is 1. The van der Waals surface area contributed by atoms with Crippen molar-refractivity contribution in [1.29, 1.82) is 5.41 Å². The number of halogens is 1. The van der Waals surface area contributed by atoms with Crippen molar-refractivity contribution in [2.24, 2.45) is 5.73 Å². The van der Waals surface area contributed by atoms with Crippen LogP contribution in [0.2, 0.25) is 0 Å². The third kappa shape index (κ3) is 3.13. The Bertz CT molecular complexity index is 682. The van der Waals surface area contributed by atoms with Gasteiger partial charge in [-0.25, -0.2) is 0 Å². The molecule has 1 aliphatic rings. The Morgan fingerprint density at radius 1 is 1.29 bits per heavy atom. The zero-order valence-corrected chi connectivity index (χ0v) is 13.9. The Morgan fingerprint density at radius 3 is 2.95 bits per heavy atom. The number of hydrogen-bond donors (Lipinski definition) is 2. The van der Waals surface area contributed by atoms with Gasteiger partial charge in [-0.2, -0.15) is 0 Å². The highest BCUT2D eigenvalue weighted by Crippen LogP contribution is 2.32. The molecule has 0 bridgehead atoms. The van der Waals surface area contributed by atoms with Crippen molar-refractivity contribution in [3.63, 3.8) is 0 Å². The van der Waals surface area contributed by atoms with Gasteiger partial charge in [-0.15, -0.1) is 10.2 Å². The topological polar surface area (TPSA) is 80.6 Å². The molecule has 3 rings (SSSR count). The van der Waals surface area contributed by atoms with Crippen molar-refractivity contribution in [2.75, 3.05) is 0 Å². The lowest BCUT2D eigenvalue weighted by atomic mass is 10.2. The van der Waals surface area contributed by atoms with Crippen molar-refractivity contribution in [2.45, 2.75) is 42.3 Å². The molecule has 0 saturated carbocycles. The second kappa shape index (κ2) is 6.19. The maximum absolute atomic E-state index is 7.70. The lowest BCUT2D eigenvalue weighted by Crippen LogP contribution is -2.12. The standard InChI is InChI=1S/C14H16BrN5S/c15-9-5-6-10(13(16)17)11(8-9)21-14-19-18-12-4-2-1-3-7-20(12)14/h5-6,8H,1-4,7H2,(H3,16,17). The summed E-state index contributed by atoms with van der Waals surface area (Å²) in [5, 5.41) is 17.2. The number of hydrogen-bond acceptors (Lipinski definition) is 4. The van der Waals surface area contributed by atoms with Gasteiger partial charge in [-0.3, -0.25) is 5.41 Å². The van der Waals surface area contributed by atoms with E-state index in [1.165, 1.54) is 24.6 Å². The van der Waals surface area contributed by atoms with Crippen molar-refractivity contribution in [3.8, 4) is 0 Å². The van der Waals surface area contributed by atoms with Gasteiger partial charge in [0.1, 0.15) is 11.7 Å². The third-order valence-electron chi connectivity index (χ3n) is 3.51. The van der Waals surface area contributed by atoms with Gasteiger partial charge in [0.2, 0.25) is 0 Å². The van der Waals surface area contributed by atoms with Crippen LogP contribution in [0.4, 0.5) is 0 Å². The molecular weight excluding hydrogens is 350 g/mol. The molecule has 0 spiro atoms. The zero-order chi connectivity index (χ0) is 14.8. The van der Waals surface area contributed by atoms with Crippen LogP contribution in [-0.2, 0) is 13.0 Å². The first kappa shape index (κ1) is 14.6. The highest BCUT2D eigenvalue weighted by molar-refractivity contribution is 9.10. The van der Waals surface area contributed by atoms with E-state index in [4.69, 9.17) is 11.1 Å². The zero-order valence-electron chi connectivity index (χ0n) is 11.5. The fourth-order valence-electron chi connectivity index (χ4n) is 2.44. The summed E-state index contributed by atoms with van der Waals surface area (Å²) in [4.78, 5) is 0.927. The molecule has 1 aromatic carbocycles. The number of fused-ring (bicyclic) bond motifs is 1. The van der Waals surface area contributed by atoms with Crippen LogP contribution in [0.15, 0.2) is 32.7 Å².